The van der Waals surface area contributed by atoms with Crippen LogP contribution in [0.15, 0.2) is 48.5 Å². The Bertz CT molecular complexity index is 519. The number of benzene rings is 2. The van der Waals surface area contributed by atoms with E-state index in [0.717, 1.165) is 31.7 Å². The highest BCUT2D eigenvalue weighted by Crippen LogP contribution is 2.17. The monoisotopic (exact) mass is 269 g/mol. The molecule has 2 nitrogen and oxygen atoms in total. The summed E-state index contributed by atoms with van der Waals surface area (Å²) in [5.74, 6) is 0.974. The number of para-hydroxylation sites is 1. The third-order valence-electron chi connectivity index (χ3n) is 3.52. The standard InChI is InChI=1S/C18H23NO/c1-3-15-8-10-16(11-9-15)14-19-13-12-17-6-4-5-7-18(17)20-2/h4-11,19H,3,12-14H2,1-2H3. The lowest BCUT2D eigenvalue weighted by atomic mass is 10.1. The van der Waals surface area contributed by atoms with Crippen LogP contribution in [0, 0.1) is 0 Å². The largest absolute Gasteiger partial charge is 0.496 e. The molecule has 0 aromatic heterocycles. The Morgan fingerprint density at radius 3 is 2.35 bits per heavy atom. The van der Waals surface area contributed by atoms with Crippen molar-refractivity contribution in [2.75, 3.05) is 13.7 Å². The molecule has 0 saturated carbocycles. The van der Waals surface area contributed by atoms with Gasteiger partial charge < -0.3 is 10.1 Å². The Labute approximate surface area is 121 Å². The summed E-state index contributed by atoms with van der Waals surface area (Å²) < 4.78 is 5.36. The van der Waals surface area contributed by atoms with E-state index in [1.165, 1.54) is 16.7 Å². The Hall–Kier alpha value is -1.80. The summed E-state index contributed by atoms with van der Waals surface area (Å²) >= 11 is 0. The molecule has 0 fully saturated rings. The number of hydrogen-bond donors (Lipinski definition) is 1. The van der Waals surface area contributed by atoms with Crippen LogP contribution in [0.3, 0.4) is 0 Å². The van der Waals surface area contributed by atoms with Gasteiger partial charge in [-0.15, -0.1) is 0 Å². The summed E-state index contributed by atoms with van der Waals surface area (Å²) in [6.45, 7) is 4.05. The maximum absolute atomic E-state index is 5.36. The Kier molecular flexibility index (Phi) is 5.63. The van der Waals surface area contributed by atoms with Crippen LogP contribution in [-0.4, -0.2) is 13.7 Å². The molecular weight excluding hydrogens is 246 g/mol. The summed E-state index contributed by atoms with van der Waals surface area (Å²) in [5.41, 5.74) is 3.98. The smallest absolute Gasteiger partial charge is 0.122 e. The number of hydrogen-bond acceptors (Lipinski definition) is 2. The maximum atomic E-state index is 5.36. The van der Waals surface area contributed by atoms with E-state index in [9.17, 15) is 0 Å². The number of methoxy groups -OCH3 is 1. The fraction of sp³-hybridized carbons (Fsp3) is 0.333. The summed E-state index contributed by atoms with van der Waals surface area (Å²) in [7, 11) is 1.72. The molecule has 2 aromatic rings. The van der Waals surface area contributed by atoms with Crippen LogP contribution >= 0.6 is 0 Å². The van der Waals surface area contributed by atoms with Gasteiger partial charge in [0.2, 0.25) is 0 Å². The summed E-state index contributed by atoms with van der Waals surface area (Å²) in [5, 5.41) is 3.48. The Morgan fingerprint density at radius 2 is 1.65 bits per heavy atom. The molecule has 0 aliphatic carbocycles. The normalized spacial score (nSPS) is 10.5. The number of rotatable bonds is 7. The zero-order valence-electron chi connectivity index (χ0n) is 12.4. The summed E-state index contributed by atoms with van der Waals surface area (Å²) in [4.78, 5) is 0. The lowest BCUT2D eigenvalue weighted by Gasteiger charge is -2.09. The fourth-order valence-electron chi connectivity index (χ4n) is 2.26. The predicted octanol–water partition coefficient (Wildman–Crippen LogP) is 3.59. The Morgan fingerprint density at radius 1 is 0.950 bits per heavy atom. The van der Waals surface area contributed by atoms with Gasteiger partial charge in [0, 0.05) is 6.54 Å². The minimum absolute atomic E-state index is 0.916. The number of aryl methyl sites for hydroxylation is 1. The number of nitrogens with one attached hydrogen (secondary N) is 1. The first-order valence-corrected chi connectivity index (χ1v) is 7.24. The van der Waals surface area contributed by atoms with Crippen LogP contribution < -0.4 is 10.1 Å². The molecule has 0 bridgehead atoms. The molecule has 0 atom stereocenters. The highest BCUT2D eigenvalue weighted by atomic mass is 16.5. The van der Waals surface area contributed by atoms with E-state index < -0.39 is 0 Å². The van der Waals surface area contributed by atoms with Crippen LogP contribution in [0.2, 0.25) is 0 Å². The highest BCUT2D eigenvalue weighted by molar-refractivity contribution is 5.33. The van der Waals surface area contributed by atoms with Crippen LogP contribution in [0.5, 0.6) is 5.75 Å². The van der Waals surface area contributed by atoms with Gasteiger partial charge in [0.25, 0.3) is 0 Å². The third-order valence-corrected chi connectivity index (χ3v) is 3.52. The molecule has 0 heterocycles. The second kappa shape index (κ2) is 7.71. The van der Waals surface area contributed by atoms with Crippen LogP contribution in [0.1, 0.15) is 23.6 Å². The minimum Gasteiger partial charge on any atom is -0.496 e. The van der Waals surface area contributed by atoms with Crippen molar-refractivity contribution in [3.8, 4) is 5.75 Å². The molecule has 2 heteroatoms. The molecule has 106 valence electrons. The van der Waals surface area contributed by atoms with Gasteiger partial charge in [-0.1, -0.05) is 49.4 Å². The van der Waals surface area contributed by atoms with Crippen molar-refractivity contribution in [3.05, 3.63) is 65.2 Å². The Balaban J connectivity index is 1.78. The lowest BCUT2D eigenvalue weighted by molar-refractivity contribution is 0.409. The van der Waals surface area contributed by atoms with E-state index in [4.69, 9.17) is 4.74 Å². The topological polar surface area (TPSA) is 21.3 Å². The summed E-state index contributed by atoms with van der Waals surface area (Å²) in [6.07, 6.45) is 2.08. The van der Waals surface area contributed by atoms with Crippen molar-refractivity contribution < 1.29 is 4.74 Å². The van der Waals surface area contributed by atoms with E-state index in [-0.39, 0.29) is 0 Å². The molecule has 2 rings (SSSR count). The molecule has 0 saturated heterocycles. The first kappa shape index (κ1) is 14.6. The van der Waals surface area contributed by atoms with Gasteiger partial charge in [-0.25, -0.2) is 0 Å². The zero-order chi connectivity index (χ0) is 14.2. The molecule has 0 spiro atoms. The molecule has 0 unspecified atom stereocenters. The van der Waals surface area contributed by atoms with Gasteiger partial charge in [0.15, 0.2) is 0 Å². The van der Waals surface area contributed by atoms with Gasteiger partial charge in [-0.2, -0.15) is 0 Å². The van der Waals surface area contributed by atoms with Crippen molar-refractivity contribution in [3.63, 3.8) is 0 Å². The molecule has 0 aliphatic heterocycles. The average Bonchev–Trinajstić information content (AvgIpc) is 2.52. The van der Waals surface area contributed by atoms with E-state index in [1.807, 2.05) is 12.1 Å². The quantitative estimate of drug-likeness (QED) is 0.776. The summed E-state index contributed by atoms with van der Waals surface area (Å²) in [6, 6.07) is 17.0. The van der Waals surface area contributed by atoms with E-state index in [1.54, 1.807) is 7.11 Å². The zero-order valence-corrected chi connectivity index (χ0v) is 12.4. The SMILES string of the molecule is CCc1ccc(CNCCc2ccccc2OC)cc1. The minimum atomic E-state index is 0.916. The fourth-order valence-corrected chi connectivity index (χ4v) is 2.26. The van der Waals surface area contributed by atoms with Gasteiger partial charge in [0.05, 0.1) is 7.11 Å². The van der Waals surface area contributed by atoms with Crippen LogP contribution in [-0.2, 0) is 19.4 Å². The molecule has 2 aromatic carbocycles. The van der Waals surface area contributed by atoms with Crippen LogP contribution in [0.4, 0.5) is 0 Å². The lowest BCUT2D eigenvalue weighted by Crippen LogP contribution is -2.16. The third kappa shape index (κ3) is 4.10. The molecular formula is C18H23NO. The van der Waals surface area contributed by atoms with E-state index in [0.29, 0.717) is 0 Å². The predicted molar refractivity (Wildman–Crippen MR) is 84.2 cm³/mol. The molecule has 0 amide bonds. The average molecular weight is 269 g/mol. The van der Waals surface area contributed by atoms with Crippen molar-refractivity contribution in [2.45, 2.75) is 26.3 Å². The molecule has 0 aliphatic rings. The van der Waals surface area contributed by atoms with E-state index in [2.05, 4.69) is 48.6 Å². The maximum Gasteiger partial charge on any atom is 0.122 e. The van der Waals surface area contributed by atoms with Gasteiger partial charge in [-0.3, -0.25) is 0 Å². The van der Waals surface area contributed by atoms with Crippen molar-refractivity contribution in [2.24, 2.45) is 0 Å². The second-order valence-electron chi connectivity index (χ2n) is 4.91. The first-order chi connectivity index (χ1) is 9.83. The molecule has 0 radical (unpaired) electrons. The van der Waals surface area contributed by atoms with Crippen molar-refractivity contribution in [1.82, 2.24) is 5.32 Å². The molecule has 1 N–H and O–H groups in total. The highest BCUT2D eigenvalue weighted by Gasteiger charge is 2.00. The first-order valence-electron chi connectivity index (χ1n) is 7.24. The van der Waals surface area contributed by atoms with E-state index >= 15 is 0 Å². The van der Waals surface area contributed by atoms with Gasteiger partial charge in [-0.05, 0) is 42.1 Å². The van der Waals surface area contributed by atoms with Crippen molar-refractivity contribution in [1.29, 1.82) is 0 Å². The van der Waals surface area contributed by atoms with Crippen molar-refractivity contribution >= 4 is 0 Å². The van der Waals surface area contributed by atoms with Gasteiger partial charge >= 0.3 is 0 Å². The van der Waals surface area contributed by atoms with Crippen LogP contribution in [0.25, 0.3) is 0 Å². The molecule has 20 heavy (non-hydrogen) atoms. The number of ether oxygens (including phenoxy) is 1. The second-order valence-corrected chi connectivity index (χ2v) is 4.91. The van der Waals surface area contributed by atoms with Gasteiger partial charge in [0.1, 0.15) is 5.75 Å².